The van der Waals surface area contributed by atoms with Gasteiger partial charge in [-0.3, -0.25) is 4.79 Å². The smallest absolute Gasteiger partial charge is 0.335 e. The Morgan fingerprint density at radius 1 is 0.543 bits per heavy atom. The average molecular weight is 1350 g/mol. The SMILES string of the molecule is CCC(C)C(=O)OC1CC(C)(C)CC2C13C(O)CC1(C)C4(C)CCC5C(C)(C)C(OC6OC(C(=O)O)C(O)C(OC7OC(CO)C(O)C(O)C7OC7OC(C)C(O)C(O)C7OC7OCC(O)C(O)C7O)C6OC6OC(CO)C(O)C(O)C6O)CCC5(C)C4CCC21OC3O. The van der Waals surface area contributed by atoms with Gasteiger partial charge in [0.2, 0.25) is 0 Å². The molecular weight excluding hydrogens is 1250 g/mol. The lowest BCUT2D eigenvalue weighted by Gasteiger charge is -2.75. The molecular formula is C64H104O30. The minimum Gasteiger partial charge on any atom is -0.479 e. The highest BCUT2D eigenvalue weighted by Crippen LogP contribution is 2.81. The van der Waals surface area contributed by atoms with Crippen LogP contribution < -0.4 is 0 Å². The van der Waals surface area contributed by atoms with Crippen molar-refractivity contribution in [2.45, 2.75) is 311 Å². The van der Waals surface area contributed by atoms with E-state index in [1.165, 1.54) is 6.92 Å². The fraction of sp³-hybridized carbons (Fsp3) is 0.969. The first-order valence-corrected chi connectivity index (χ1v) is 33.6. The Bertz CT molecular complexity index is 2670. The molecule has 2 bridgehead atoms. The van der Waals surface area contributed by atoms with Crippen molar-refractivity contribution in [3.8, 4) is 0 Å². The second-order valence-electron chi connectivity index (χ2n) is 31.4. The molecule has 11 fully saturated rings. The Balaban J connectivity index is 0.907. The number of esters is 1. The summed E-state index contributed by atoms with van der Waals surface area (Å²) in [7, 11) is 0. The summed E-state index contributed by atoms with van der Waals surface area (Å²) in [4.78, 5) is 27.1. The first-order chi connectivity index (χ1) is 43.9. The van der Waals surface area contributed by atoms with Gasteiger partial charge >= 0.3 is 11.9 Å². The molecule has 0 aromatic heterocycles. The molecule has 94 heavy (non-hydrogen) atoms. The normalized spacial score (nSPS) is 54.9. The standard InChI is InChI=1S/C64H104O30/c1-11-24(2)51(81)87-34-20-58(4,5)18-31-63-17-13-30-60(8)15-14-33(59(6,7)29(60)12-16-61(30,9)62(63,10)19-32(68)64(31,34)57(82)94-63)88-56-49(93-53-43(77)39(73)37(71)27(21-65)85-53)45(44(78)46(90-56)50(79)80)89-55-48(41(75)38(72)28(22-66)86-55)92-54-47(40(74)35(69)25(3)84-54)91-52-42(76)36(70)26(67)23-83-52/h24-49,52-57,65-78,82H,11-23H2,1-10H3,(H,79,80). The number of fused-ring (bicyclic) bond motifs is 4. The molecule has 16 N–H and O–H groups in total. The number of carboxylic acids is 1. The number of carboxylic acid groups (broad SMARTS) is 1. The lowest BCUT2D eigenvalue weighted by Crippen LogP contribution is -2.75. The first-order valence-electron chi connectivity index (χ1n) is 33.6. The van der Waals surface area contributed by atoms with Crippen LogP contribution in [0, 0.1) is 56.2 Å². The van der Waals surface area contributed by atoms with Crippen LogP contribution in [-0.2, 0) is 66.4 Å². The van der Waals surface area contributed by atoms with Crippen LogP contribution in [0.1, 0.15) is 133 Å². The second kappa shape index (κ2) is 26.4. The molecule has 0 radical (unpaired) electrons. The molecule has 6 aliphatic heterocycles. The number of hydrogen-bond acceptors (Lipinski definition) is 29. The quantitative estimate of drug-likeness (QED) is 0.0545. The summed E-state index contributed by atoms with van der Waals surface area (Å²) in [5.74, 6) is -3.03. The summed E-state index contributed by atoms with van der Waals surface area (Å²) >= 11 is 0. The number of ether oxygens (including phenoxy) is 12. The predicted octanol–water partition coefficient (Wildman–Crippen LogP) is -2.88. The molecule has 11 rings (SSSR count). The third-order valence-corrected chi connectivity index (χ3v) is 25.5. The number of rotatable bonds is 16. The lowest BCUT2D eigenvalue weighted by atomic mass is 9.30. The molecule has 6 saturated heterocycles. The van der Waals surface area contributed by atoms with Crippen LogP contribution in [0.25, 0.3) is 0 Å². The van der Waals surface area contributed by atoms with Gasteiger partial charge in [-0.15, -0.1) is 0 Å². The number of aliphatic hydroxyl groups is 15. The zero-order valence-electron chi connectivity index (χ0n) is 55.0. The van der Waals surface area contributed by atoms with E-state index in [1.54, 1.807) is 0 Å². The van der Waals surface area contributed by atoms with Crippen molar-refractivity contribution in [3.63, 3.8) is 0 Å². The fourth-order valence-electron chi connectivity index (χ4n) is 20.0. The molecule has 0 amide bonds. The van der Waals surface area contributed by atoms with Gasteiger partial charge in [-0.1, -0.05) is 62.3 Å². The van der Waals surface area contributed by atoms with Gasteiger partial charge < -0.3 is 139 Å². The largest absolute Gasteiger partial charge is 0.479 e. The Hall–Kier alpha value is -2.10. The third kappa shape index (κ3) is 11.5. The maximum absolute atomic E-state index is 13.7. The molecule has 6 heterocycles. The average Bonchev–Trinajstić information content (AvgIpc) is 1.37. The minimum absolute atomic E-state index is 0.00225. The molecule has 37 unspecified atom stereocenters. The number of aliphatic carboxylic acids is 1. The van der Waals surface area contributed by atoms with E-state index in [-0.39, 0.29) is 35.6 Å². The van der Waals surface area contributed by atoms with E-state index >= 15 is 0 Å². The first kappa shape index (κ1) is 73.1. The molecule has 1 spiro atoms. The highest BCUT2D eigenvalue weighted by Gasteiger charge is 2.84. The van der Waals surface area contributed by atoms with E-state index in [4.69, 9.17) is 56.8 Å². The molecule has 0 aromatic rings. The van der Waals surface area contributed by atoms with Gasteiger partial charge in [0.15, 0.2) is 43.8 Å². The number of carbonyl (C=O) groups excluding carboxylic acids is 1. The summed E-state index contributed by atoms with van der Waals surface area (Å²) in [6, 6.07) is 0. The van der Waals surface area contributed by atoms with Gasteiger partial charge in [-0.05, 0) is 105 Å². The molecule has 0 aromatic carbocycles. The van der Waals surface area contributed by atoms with Crippen LogP contribution >= 0.6 is 0 Å². The summed E-state index contributed by atoms with van der Waals surface area (Å²) in [6.07, 6.45) is -45.3. The number of aliphatic hydroxyl groups excluding tert-OH is 15. The summed E-state index contributed by atoms with van der Waals surface area (Å²) in [5.41, 5.74) is -5.02. The topological polar surface area (TPSA) is 469 Å². The van der Waals surface area contributed by atoms with Crippen molar-refractivity contribution in [1.82, 2.24) is 0 Å². The molecule has 5 saturated carbocycles. The van der Waals surface area contributed by atoms with Crippen LogP contribution in [0.3, 0.4) is 0 Å². The van der Waals surface area contributed by atoms with Gasteiger partial charge in [-0.25, -0.2) is 4.79 Å². The van der Waals surface area contributed by atoms with E-state index in [0.29, 0.717) is 57.8 Å². The number of carbonyl (C=O) groups is 2. The van der Waals surface area contributed by atoms with Crippen LogP contribution in [-0.4, -0.2) is 291 Å². The van der Waals surface area contributed by atoms with Crippen molar-refractivity contribution in [3.05, 3.63) is 0 Å². The maximum atomic E-state index is 13.7. The maximum Gasteiger partial charge on any atom is 0.335 e. The summed E-state index contributed by atoms with van der Waals surface area (Å²) in [5, 5.41) is 180. The Kier molecular flexibility index (Phi) is 20.5. The van der Waals surface area contributed by atoms with Gasteiger partial charge in [-0.2, -0.15) is 0 Å². The van der Waals surface area contributed by atoms with E-state index in [1.807, 2.05) is 27.7 Å². The summed E-state index contributed by atoms with van der Waals surface area (Å²) < 4.78 is 75.0. The van der Waals surface area contributed by atoms with Crippen molar-refractivity contribution in [2.24, 2.45) is 56.2 Å². The highest BCUT2D eigenvalue weighted by molar-refractivity contribution is 5.73. The van der Waals surface area contributed by atoms with E-state index in [2.05, 4.69) is 34.6 Å². The minimum atomic E-state index is -2.34. The van der Waals surface area contributed by atoms with Gasteiger partial charge in [0.1, 0.15) is 110 Å². The van der Waals surface area contributed by atoms with E-state index in [0.717, 1.165) is 0 Å². The van der Waals surface area contributed by atoms with Crippen LogP contribution in [0.5, 0.6) is 0 Å². The Labute approximate surface area is 545 Å². The molecule has 37 atom stereocenters. The Morgan fingerprint density at radius 3 is 1.74 bits per heavy atom. The monoisotopic (exact) mass is 1350 g/mol. The predicted molar refractivity (Wildman–Crippen MR) is 314 cm³/mol. The summed E-state index contributed by atoms with van der Waals surface area (Å²) in [6.45, 7) is 17.7. The van der Waals surface area contributed by atoms with Gasteiger partial charge in [0, 0.05) is 11.3 Å². The lowest BCUT2D eigenvalue weighted by molar-refractivity contribution is -0.411. The van der Waals surface area contributed by atoms with Crippen molar-refractivity contribution < 1.29 is 148 Å². The second-order valence-corrected chi connectivity index (χ2v) is 31.4. The zero-order chi connectivity index (χ0) is 68.8. The van der Waals surface area contributed by atoms with Crippen LogP contribution in [0.4, 0.5) is 0 Å². The van der Waals surface area contributed by atoms with Gasteiger partial charge in [0.05, 0.1) is 55.1 Å². The van der Waals surface area contributed by atoms with E-state index in [9.17, 15) is 91.3 Å². The molecule has 11 aliphatic rings. The molecule has 30 nitrogen and oxygen atoms in total. The molecule has 5 aliphatic carbocycles. The van der Waals surface area contributed by atoms with Crippen LogP contribution in [0.15, 0.2) is 0 Å². The van der Waals surface area contributed by atoms with Crippen molar-refractivity contribution in [1.29, 1.82) is 0 Å². The fourth-order valence-corrected chi connectivity index (χ4v) is 20.0. The van der Waals surface area contributed by atoms with Gasteiger partial charge in [0.25, 0.3) is 0 Å². The third-order valence-electron chi connectivity index (χ3n) is 25.5. The molecule has 30 heteroatoms. The van der Waals surface area contributed by atoms with E-state index < -0.39 is 236 Å². The van der Waals surface area contributed by atoms with Crippen molar-refractivity contribution in [2.75, 3.05) is 19.8 Å². The number of hydrogen-bond donors (Lipinski definition) is 16. The zero-order valence-corrected chi connectivity index (χ0v) is 55.0. The van der Waals surface area contributed by atoms with Crippen molar-refractivity contribution >= 4 is 11.9 Å². The Morgan fingerprint density at radius 2 is 1.11 bits per heavy atom. The molecule has 540 valence electrons. The highest BCUT2D eigenvalue weighted by atomic mass is 16.8. The van der Waals surface area contributed by atoms with Crippen LogP contribution in [0.2, 0.25) is 0 Å².